The Hall–Kier alpha value is -3.54. The third-order valence-electron chi connectivity index (χ3n) is 4.30. The Kier molecular flexibility index (Phi) is 7.13. The van der Waals surface area contributed by atoms with Gasteiger partial charge in [0.15, 0.2) is 0 Å². The van der Waals surface area contributed by atoms with Crippen LogP contribution in [0, 0.1) is 18.3 Å². The second-order valence-electron chi connectivity index (χ2n) is 6.46. The van der Waals surface area contributed by atoms with E-state index in [4.69, 9.17) is 17.3 Å². The van der Waals surface area contributed by atoms with Crippen LogP contribution in [-0.2, 0) is 4.79 Å². The van der Waals surface area contributed by atoms with Crippen LogP contribution < -0.4 is 16.4 Å². The fourth-order valence-corrected chi connectivity index (χ4v) is 3.60. The molecule has 0 radical (unpaired) electrons. The molecule has 7 nitrogen and oxygen atoms in total. The van der Waals surface area contributed by atoms with Crippen molar-refractivity contribution in [3.63, 3.8) is 0 Å². The molecule has 0 unspecified atom stereocenters. The Morgan fingerprint density at radius 1 is 1.16 bits per heavy atom. The Labute approximate surface area is 188 Å². The normalized spacial score (nSPS) is 10.2. The summed E-state index contributed by atoms with van der Waals surface area (Å²) < 4.78 is 0. The van der Waals surface area contributed by atoms with E-state index in [0.717, 1.165) is 17.3 Å². The van der Waals surface area contributed by atoms with Crippen LogP contribution in [0.15, 0.2) is 59.6 Å². The number of benzene rings is 2. The topological polar surface area (TPSA) is 121 Å². The molecule has 1 heterocycles. The molecular weight excluding hydrogens is 434 g/mol. The number of amides is 2. The summed E-state index contributed by atoms with van der Waals surface area (Å²) in [6.45, 7) is 1.81. The molecular formula is C22H18ClN5O2S. The van der Waals surface area contributed by atoms with Crippen LogP contribution in [0.3, 0.4) is 0 Å². The number of carbonyl (C=O) groups excluding carboxylic acids is 2. The van der Waals surface area contributed by atoms with Gasteiger partial charge in [-0.1, -0.05) is 47.6 Å². The lowest BCUT2D eigenvalue weighted by molar-refractivity contribution is -0.113. The number of nitrogen functional groups attached to an aromatic ring is 1. The van der Waals surface area contributed by atoms with E-state index in [9.17, 15) is 14.9 Å². The van der Waals surface area contributed by atoms with E-state index in [-0.39, 0.29) is 33.6 Å². The van der Waals surface area contributed by atoms with Gasteiger partial charge in [-0.3, -0.25) is 9.59 Å². The van der Waals surface area contributed by atoms with Crippen molar-refractivity contribution >= 4 is 52.4 Å². The first-order valence-electron chi connectivity index (χ1n) is 9.14. The quantitative estimate of drug-likeness (QED) is 0.475. The number of thioether (sulfide) groups is 1. The number of aromatic nitrogens is 1. The zero-order valence-electron chi connectivity index (χ0n) is 16.5. The third kappa shape index (κ3) is 5.54. The summed E-state index contributed by atoms with van der Waals surface area (Å²) in [6, 6.07) is 17.5. The van der Waals surface area contributed by atoms with Gasteiger partial charge in [-0.05, 0) is 42.8 Å². The van der Waals surface area contributed by atoms with Crippen LogP contribution in [-0.4, -0.2) is 22.6 Å². The number of pyridine rings is 1. The van der Waals surface area contributed by atoms with Crippen LogP contribution in [0.1, 0.15) is 21.5 Å². The predicted octanol–water partition coefficient (Wildman–Crippen LogP) is 4.48. The summed E-state index contributed by atoms with van der Waals surface area (Å²) in [5, 5.41) is 15.8. The first-order chi connectivity index (χ1) is 14.9. The first kappa shape index (κ1) is 22.2. The molecule has 0 aliphatic heterocycles. The van der Waals surface area contributed by atoms with E-state index in [2.05, 4.69) is 15.6 Å². The van der Waals surface area contributed by atoms with Crippen LogP contribution in [0.25, 0.3) is 0 Å². The maximum atomic E-state index is 12.5. The molecule has 156 valence electrons. The summed E-state index contributed by atoms with van der Waals surface area (Å²) in [4.78, 5) is 29.0. The number of halogens is 1. The summed E-state index contributed by atoms with van der Waals surface area (Å²) >= 11 is 7.13. The maximum absolute atomic E-state index is 12.5. The minimum atomic E-state index is -0.474. The van der Waals surface area contributed by atoms with Crippen LogP contribution in [0.2, 0.25) is 5.02 Å². The Bertz CT molecular complexity index is 1180. The average molecular weight is 452 g/mol. The number of para-hydroxylation sites is 1. The molecule has 0 atom stereocenters. The highest BCUT2D eigenvalue weighted by molar-refractivity contribution is 8.00. The lowest BCUT2D eigenvalue weighted by atomic mass is 10.2. The summed E-state index contributed by atoms with van der Waals surface area (Å²) in [5.74, 6) is -0.784. The maximum Gasteiger partial charge on any atom is 0.259 e. The van der Waals surface area contributed by atoms with Gasteiger partial charge in [-0.2, -0.15) is 5.26 Å². The van der Waals surface area contributed by atoms with Crippen molar-refractivity contribution < 1.29 is 9.59 Å². The van der Waals surface area contributed by atoms with Crippen molar-refractivity contribution in [2.24, 2.45) is 0 Å². The van der Waals surface area contributed by atoms with E-state index in [1.54, 1.807) is 49.4 Å². The van der Waals surface area contributed by atoms with Gasteiger partial charge in [0.1, 0.15) is 16.9 Å². The van der Waals surface area contributed by atoms with Gasteiger partial charge in [0, 0.05) is 16.4 Å². The van der Waals surface area contributed by atoms with Crippen molar-refractivity contribution in [1.29, 1.82) is 5.26 Å². The zero-order chi connectivity index (χ0) is 22.4. The summed E-state index contributed by atoms with van der Waals surface area (Å²) in [7, 11) is 0. The van der Waals surface area contributed by atoms with Gasteiger partial charge in [0.2, 0.25) is 5.91 Å². The van der Waals surface area contributed by atoms with Gasteiger partial charge in [0.25, 0.3) is 5.91 Å². The van der Waals surface area contributed by atoms with Crippen molar-refractivity contribution in [2.45, 2.75) is 11.9 Å². The van der Waals surface area contributed by atoms with Crippen LogP contribution >= 0.6 is 23.4 Å². The summed E-state index contributed by atoms with van der Waals surface area (Å²) in [6.07, 6.45) is 0. The first-order valence-corrected chi connectivity index (χ1v) is 10.5. The summed E-state index contributed by atoms with van der Waals surface area (Å²) in [5.41, 5.74) is 8.16. The van der Waals surface area contributed by atoms with Crippen molar-refractivity contribution in [2.75, 3.05) is 22.1 Å². The fraction of sp³-hybridized carbons (Fsp3) is 0.0909. The molecule has 0 saturated heterocycles. The second-order valence-corrected chi connectivity index (χ2v) is 7.83. The molecule has 9 heteroatoms. The zero-order valence-corrected chi connectivity index (χ0v) is 18.1. The molecule has 0 spiro atoms. The second kappa shape index (κ2) is 9.98. The fourth-order valence-electron chi connectivity index (χ4n) is 2.66. The molecule has 0 aliphatic rings. The smallest absolute Gasteiger partial charge is 0.259 e. The number of hydrogen-bond acceptors (Lipinski definition) is 6. The van der Waals surface area contributed by atoms with E-state index in [1.165, 1.54) is 6.07 Å². The minimum absolute atomic E-state index is 0.00261. The third-order valence-corrected chi connectivity index (χ3v) is 5.70. The highest BCUT2D eigenvalue weighted by Crippen LogP contribution is 2.26. The van der Waals surface area contributed by atoms with Gasteiger partial charge in [0.05, 0.1) is 16.9 Å². The lowest BCUT2D eigenvalue weighted by Gasteiger charge is -2.11. The highest BCUT2D eigenvalue weighted by Gasteiger charge is 2.17. The van der Waals surface area contributed by atoms with E-state index < -0.39 is 5.91 Å². The molecule has 3 rings (SSSR count). The monoisotopic (exact) mass is 451 g/mol. The van der Waals surface area contributed by atoms with E-state index in [0.29, 0.717) is 16.4 Å². The molecule has 0 saturated carbocycles. The van der Waals surface area contributed by atoms with Crippen molar-refractivity contribution in [1.82, 2.24) is 4.98 Å². The molecule has 2 amide bonds. The Morgan fingerprint density at radius 2 is 1.90 bits per heavy atom. The minimum Gasteiger partial charge on any atom is -0.383 e. The molecule has 0 bridgehead atoms. The van der Waals surface area contributed by atoms with Gasteiger partial charge < -0.3 is 16.4 Å². The molecule has 0 fully saturated rings. The number of hydrogen-bond donors (Lipinski definition) is 3. The molecule has 4 N–H and O–H groups in total. The predicted molar refractivity (Wildman–Crippen MR) is 123 cm³/mol. The van der Waals surface area contributed by atoms with Crippen molar-refractivity contribution in [3.8, 4) is 6.07 Å². The van der Waals surface area contributed by atoms with Gasteiger partial charge in [-0.25, -0.2) is 4.98 Å². The van der Waals surface area contributed by atoms with Crippen molar-refractivity contribution in [3.05, 3.63) is 76.3 Å². The van der Waals surface area contributed by atoms with Crippen LogP contribution in [0.4, 0.5) is 17.2 Å². The van der Waals surface area contributed by atoms with Gasteiger partial charge in [-0.15, -0.1) is 0 Å². The largest absolute Gasteiger partial charge is 0.383 e. The standard InChI is InChI=1S/C22H18ClN5O2S/c1-13-17(23)8-5-9-18(13)27-19(29)12-31-22-14(11-24)10-16(20(25)28-22)21(30)26-15-6-3-2-4-7-15/h2-10H,12H2,1H3,(H2,25,28)(H,26,30)(H,27,29). The molecule has 31 heavy (non-hydrogen) atoms. The number of nitrogens with one attached hydrogen (secondary N) is 2. The number of nitrogens with zero attached hydrogens (tertiary/aromatic N) is 2. The highest BCUT2D eigenvalue weighted by atomic mass is 35.5. The van der Waals surface area contributed by atoms with E-state index >= 15 is 0 Å². The Morgan fingerprint density at radius 3 is 2.61 bits per heavy atom. The number of carbonyl (C=O) groups is 2. The molecule has 0 aliphatic carbocycles. The average Bonchev–Trinajstić information content (AvgIpc) is 2.76. The van der Waals surface area contributed by atoms with Gasteiger partial charge >= 0.3 is 0 Å². The number of nitrogens with two attached hydrogens (primary N) is 1. The van der Waals surface area contributed by atoms with Crippen LogP contribution in [0.5, 0.6) is 0 Å². The number of anilines is 3. The molecule has 2 aromatic carbocycles. The Balaban J connectivity index is 1.71. The number of nitriles is 1. The lowest BCUT2D eigenvalue weighted by Crippen LogP contribution is -2.17. The number of rotatable bonds is 6. The van der Waals surface area contributed by atoms with E-state index in [1.807, 2.05) is 12.1 Å². The molecule has 3 aromatic rings. The molecule has 1 aromatic heterocycles. The SMILES string of the molecule is Cc1c(Cl)cccc1NC(=O)CSc1nc(N)c(C(=O)Nc2ccccc2)cc1C#N.